The van der Waals surface area contributed by atoms with Crippen molar-refractivity contribution in [3.63, 3.8) is 0 Å². The zero-order valence-corrected chi connectivity index (χ0v) is 21.1. The summed E-state index contributed by atoms with van der Waals surface area (Å²) in [6.07, 6.45) is 0. The first-order valence-corrected chi connectivity index (χ1v) is 12.8. The van der Waals surface area contributed by atoms with Gasteiger partial charge in [-0.1, -0.05) is 77.8 Å². The molecule has 0 heterocycles. The van der Waals surface area contributed by atoms with E-state index >= 15 is 0 Å². The van der Waals surface area contributed by atoms with Gasteiger partial charge in [0.15, 0.2) is 11.8 Å². The van der Waals surface area contributed by atoms with Crippen LogP contribution in [0.1, 0.15) is 10.4 Å². The van der Waals surface area contributed by atoms with Crippen LogP contribution in [-0.2, 0) is 0 Å². The van der Waals surface area contributed by atoms with Crippen LogP contribution in [0.4, 0.5) is 4.39 Å². The molecule has 34 heavy (non-hydrogen) atoms. The molecule has 0 bridgehead atoms. The number of benzene rings is 4. The Hall–Kier alpha value is -2.68. The normalized spacial score (nSPS) is 10.7. The highest BCUT2D eigenvalue weighted by Gasteiger charge is 2.52. The summed E-state index contributed by atoms with van der Waals surface area (Å²) in [5.74, 6) is -0.839. The smallest absolute Gasteiger partial charge is 0.258 e. The maximum atomic E-state index is 13.4. The number of amides is 1. The molecule has 4 rings (SSSR count). The van der Waals surface area contributed by atoms with Crippen molar-refractivity contribution >= 4 is 64.7 Å². The molecule has 1 amide bonds. The Morgan fingerprint density at radius 3 is 1.38 bits per heavy atom. The summed E-state index contributed by atoms with van der Waals surface area (Å²) in [6.45, 7) is 0. The van der Waals surface area contributed by atoms with Gasteiger partial charge in [0.1, 0.15) is 21.7 Å². The van der Waals surface area contributed by atoms with Gasteiger partial charge in [-0.3, -0.25) is 10.1 Å². The summed E-state index contributed by atoms with van der Waals surface area (Å²) < 4.78 is 13.4. The lowest BCUT2D eigenvalue weighted by atomic mass is 10.2. The molecule has 4 aromatic rings. The average Bonchev–Trinajstić information content (AvgIpc) is 2.86. The predicted octanol–water partition coefficient (Wildman–Crippen LogP) is 6.58. The Morgan fingerprint density at radius 2 is 1.03 bits per heavy atom. The van der Waals surface area contributed by atoms with Crippen LogP contribution >= 0.6 is 42.9 Å². The minimum absolute atomic E-state index is 0. The lowest BCUT2D eigenvalue weighted by Gasteiger charge is -2.29. The number of halogens is 4. The SMILES string of the molecule is Cl.O=C(NC(=C(Cl)Cl)[P+](c1ccccc1)(c1ccccc1)c1ccccc1)c1ccc(F)cc1. The molecular weight excluding hydrogens is 511 g/mol. The van der Waals surface area contributed by atoms with E-state index in [1.54, 1.807) is 0 Å². The Bertz CT molecular complexity index is 1170. The Morgan fingerprint density at radius 1 is 0.647 bits per heavy atom. The van der Waals surface area contributed by atoms with Gasteiger partial charge in [-0.05, 0) is 60.7 Å². The van der Waals surface area contributed by atoms with E-state index in [-0.39, 0.29) is 16.9 Å². The highest BCUT2D eigenvalue weighted by atomic mass is 35.5. The van der Waals surface area contributed by atoms with Gasteiger partial charge in [0.05, 0.1) is 0 Å². The van der Waals surface area contributed by atoms with Crippen LogP contribution in [0.25, 0.3) is 0 Å². The second-order valence-electron chi connectivity index (χ2n) is 7.25. The number of carbonyl (C=O) groups excluding carboxylic acids is 1. The van der Waals surface area contributed by atoms with Gasteiger partial charge in [0.2, 0.25) is 5.44 Å². The van der Waals surface area contributed by atoms with Gasteiger partial charge < -0.3 is 0 Å². The van der Waals surface area contributed by atoms with Crippen molar-refractivity contribution in [2.24, 2.45) is 0 Å². The predicted molar refractivity (Wildman–Crippen MR) is 145 cm³/mol. The second kappa shape index (κ2) is 11.6. The number of rotatable bonds is 6. The zero-order valence-electron chi connectivity index (χ0n) is 17.9. The quantitative estimate of drug-likeness (QED) is 0.280. The van der Waals surface area contributed by atoms with Crippen LogP contribution in [0.5, 0.6) is 0 Å². The van der Waals surface area contributed by atoms with Crippen molar-refractivity contribution in [3.8, 4) is 0 Å². The number of hydrogen-bond acceptors (Lipinski definition) is 1. The van der Waals surface area contributed by atoms with E-state index in [1.807, 2.05) is 91.0 Å². The van der Waals surface area contributed by atoms with E-state index in [2.05, 4.69) is 5.32 Å². The van der Waals surface area contributed by atoms with Crippen molar-refractivity contribution in [2.75, 3.05) is 0 Å². The number of nitrogens with one attached hydrogen (secondary N) is 1. The first-order chi connectivity index (χ1) is 16.0. The highest BCUT2D eigenvalue weighted by molar-refractivity contribution is 7.99. The van der Waals surface area contributed by atoms with Crippen molar-refractivity contribution < 1.29 is 9.18 Å². The fourth-order valence-corrected chi connectivity index (χ4v) is 8.73. The molecule has 0 unspecified atom stereocenters. The lowest BCUT2D eigenvalue weighted by Crippen LogP contribution is -2.38. The second-order valence-corrected chi connectivity index (χ2v) is 11.5. The van der Waals surface area contributed by atoms with E-state index in [4.69, 9.17) is 23.2 Å². The topological polar surface area (TPSA) is 29.1 Å². The van der Waals surface area contributed by atoms with Crippen molar-refractivity contribution in [2.45, 2.75) is 0 Å². The molecule has 0 saturated heterocycles. The molecule has 0 aromatic heterocycles. The van der Waals surface area contributed by atoms with Crippen molar-refractivity contribution in [3.05, 3.63) is 137 Å². The van der Waals surface area contributed by atoms with Crippen LogP contribution in [0.15, 0.2) is 125 Å². The largest absolute Gasteiger partial charge is 0.290 e. The zero-order chi connectivity index (χ0) is 23.3. The van der Waals surface area contributed by atoms with E-state index in [9.17, 15) is 9.18 Å². The van der Waals surface area contributed by atoms with Crippen LogP contribution in [-0.4, -0.2) is 5.91 Å². The fourth-order valence-electron chi connectivity index (χ4n) is 3.83. The lowest BCUT2D eigenvalue weighted by molar-refractivity contribution is 0.0968. The third-order valence-corrected chi connectivity index (χ3v) is 10.1. The molecule has 0 saturated carbocycles. The first-order valence-electron chi connectivity index (χ1n) is 10.2. The third-order valence-electron chi connectivity index (χ3n) is 5.28. The maximum absolute atomic E-state index is 13.4. The van der Waals surface area contributed by atoms with Gasteiger partial charge >= 0.3 is 0 Å². The summed E-state index contributed by atoms with van der Waals surface area (Å²) in [5, 5.41) is 5.94. The van der Waals surface area contributed by atoms with Gasteiger partial charge in [-0.2, -0.15) is 0 Å². The van der Waals surface area contributed by atoms with Crippen LogP contribution in [0, 0.1) is 5.82 Å². The van der Waals surface area contributed by atoms with Gasteiger partial charge in [-0.15, -0.1) is 12.4 Å². The monoisotopic (exact) mass is 530 g/mol. The molecule has 0 atom stereocenters. The maximum Gasteiger partial charge on any atom is 0.258 e. The van der Waals surface area contributed by atoms with E-state index in [0.717, 1.165) is 15.9 Å². The van der Waals surface area contributed by atoms with Crippen LogP contribution < -0.4 is 21.2 Å². The molecule has 0 aliphatic rings. The summed E-state index contributed by atoms with van der Waals surface area (Å²) in [7, 11) is -2.69. The van der Waals surface area contributed by atoms with Gasteiger partial charge in [0, 0.05) is 5.56 Å². The molecule has 4 aromatic carbocycles. The van der Waals surface area contributed by atoms with Crippen molar-refractivity contribution in [1.82, 2.24) is 5.32 Å². The number of carbonyl (C=O) groups is 1. The summed E-state index contributed by atoms with van der Waals surface area (Å²) in [5.41, 5.74) is 0.722. The molecule has 2 nitrogen and oxygen atoms in total. The molecular formula is C27H21Cl3FNOP+. The number of hydrogen-bond donors (Lipinski definition) is 1. The highest BCUT2D eigenvalue weighted by Crippen LogP contribution is 2.63. The summed E-state index contributed by atoms with van der Waals surface area (Å²) >= 11 is 13.1. The van der Waals surface area contributed by atoms with Gasteiger partial charge in [0.25, 0.3) is 5.91 Å². The molecule has 7 heteroatoms. The van der Waals surface area contributed by atoms with E-state index < -0.39 is 19.0 Å². The Kier molecular flexibility index (Phi) is 8.88. The Labute approximate surface area is 215 Å². The molecule has 0 aliphatic carbocycles. The summed E-state index contributed by atoms with van der Waals surface area (Å²) in [6, 6.07) is 35.0. The first kappa shape index (κ1) is 25.9. The molecule has 0 spiro atoms. The summed E-state index contributed by atoms with van der Waals surface area (Å²) in [4.78, 5) is 13.2. The molecule has 0 aliphatic heterocycles. The minimum atomic E-state index is -2.69. The average molecular weight is 532 g/mol. The van der Waals surface area contributed by atoms with Gasteiger partial charge in [-0.25, -0.2) is 4.39 Å². The molecule has 172 valence electrons. The van der Waals surface area contributed by atoms with E-state index in [1.165, 1.54) is 24.3 Å². The fraction of sp³-hybridized carbons (Fsp3) is 0. The van der Waals surface area contributed by atoms with Crippen molar-refractivity contribution in [1.29, 1.82) is 0 Å². The van der Waals surface area contributed by atoms with E-state index in [0.29, 0.717) is 11.0 Å². The molecule has 1 N–H and O–H groups in total. The minimum Gasteiger partial charge on any atom is -0.290 e. The van der Waals surface area contributed by atoms with Crippen LogP contribution in [0.2, 0.25) is 0 Å². The molecule has 0 fully saturated rings. The van der Waals surface area contributed by atoms with Crippen LogP contribution in [0.3, 0.4) is 0 Å². The third kappa shape index (κ3) is 5.19. The molecule has 0 radical (unpaired) electrons. The Balaban J connectivity index is 0.00000324. The standard InChI is InChI=1S/C27H19Cl2FNOP.ClH/c28-25(29)27(31-26(32)20-16-18-21(30)19-17-20)33(22-10-4-1-5-11-22,23-12-6-2-7-13-23)24-14-8-3-9-15-24;/h1-19H;1H/p+1.